The standard InChI is InChI=1S/C44H61N7O11/c1-5-26(4)37(44(61)62)49-40(57)34-14-10-22-51(34)43(60)31(19-20-35(53)54)46-41(58)36(25(2)3)48-38(55)32(24-27-11-7-6-8-12-27)47-39(56)33-13-9-21-50(33)42(59)30(45)23-28-15-17-29(52)18-16-28/h6-8,11-12,15-18,25-26,30-34,36-37,52H,5,9-10,13-14,19-24,45H2,1-4H3,(H,46,58)(H,47,56)(H,48,55)(H,49,57)(H,53,54)(H,61,62)/t26-,30+,31-,32-,33+,34-,36+,37-/m0/s1. The quantitative estimate of drug-likeness (QED) is 0.0876. The molecule has 18 nitrogen and oxygen atoms in total. The molecule has 2 saturated heterocycles. The van der Waals surface area contributed by atoms with E-state index in [9.17, 15) is 53.7 Å². The molecule has 0 spiro atoms. The third-order valence-corrected chi connectivity index (χ3v) is 11.6. The Hall–Kier alpha value is -6.04. The second-order valence-corrected chi connectivity index (χ2v) is 16.5. The Bertz CT molecular complexity index is 1910. The van der Waals surface area contributed by atoms with E-state index in [2.05, 4.69) is 21.3 Å². The Labute approximate surface area is 361 Å². The minimum Gasteiger partial charge on any atom is -0.508 e. The number of rotatable bonds is 21. The molecule has 2 heterocycles. The average Bonchev–Trinajstić information content (AvgIpc) is 3.94. The Balaban J connectivity index is 1.51. The number of carbonyl (C=O) groups excluding carboxylic acids is 6. The van der Waals surface area contributed by atoms with E-state index in [4.69, 9.17) is 5.73 Å². The average molecular weight is 864 g/mol. The number of nitrogens with zero attached hydrogens (tertiary/aromatic N) is 2. The number of phenols is 1. The molecule has 9 N–H and O–H groups in total. The molecule has 2 aliphatic heterocycles. The lowest BCUT2D eigenvalue weighted by molar-refractivity contribution is -0.146. The number of aliphatic carboxylic acids is 2. The van der Waals surface area contributed by atoms with Gasteiger partial charge in [0.15, 0.2) is 0 Å². The fourth-order valence-electron chi connectivity index (χ4n) is 7.83. The van der Waals surface area contributed by atoms with E-state index in [0.717, 1.165) is 5.56 Å². The van der Waals surface area contributed by atoms with Crippen LogP contribution in [0.4, 0.5) is 0 Å². The van der Waals surface area contributed by atoms with Gasteiger partial charge < -0.3 is 52.1 Å². The van der Waals surface area contributed by atoms with E-state index in [1.807, 2.05) is 0 Å². The van der Waals surface area contributed by atoms with Crippen molar-refractivity contribution >= 4 is 47.4 Å². The minimum absolute atomic E-state index is 0.0176. The molecule has 2 fully saturated rings. The van der Waals surface area contributed by atoms with E-state index < -0.39 is 108 Å². The Morgan fingerprint density at radius 3 is 1.81 bits per heavy atom. The second-order valence-electron chi connectivity index (χ2n) is 16.5. The summed E-state index contributed by atoms with van der Waals surface area (Å²) in [4.78, 5) is 109. The normalized spacial score (nSPS) is 19.1. The van der Waals surface area contributed by atoms with Gasteiger partial charge in [0, 0.05) is 25.9 Å². The molecule has 62 heavy (non-hydrogen) atoms. The van der Waals surface area contributed by atoms with Crippen LogP contribution in [0.3, 0.4) is 0 Å². The van der Waals surface area contributed by atoms with Crippen molar-refractivity contribution in [1.29, 1.82) is 0 Å². The molecule has 0 aromatic heterocycles. The summed E-state index contributed by atoms with van der Waals surface area (Å²) >= 11 is 0. The number of amides is 6. The highest BCUT2D eigenvalue weighted by Gasteiger charge is 2.42. The fraction of sp³-hybridized carbons (Fsp3) is 0.545. The Kier molecular flexibility index (Phi) is 17.8. The van der Waals surface area contributed by atoms with Crippen LogP contribution in [0, 0.1) is 11.8 Å². The minimum atomic E-state index is -1.42. The van der Waals surface area contributed by atoms with Gasteiger partial charge in [-0.1, -0.05) is 76.6 Å². The van der Waals surface area contributed by atoms with Crippen molar-refractivity contribution < 1.29 is 53.7 Å². The number of nitrogens with one attached hydrogen (secondary N) is 4. The Morgan fingerprint density at radius 2 is 1.26 bits per heavy atom. The van der Waals surface area contributed by atoms with Crippen LogP contribution in [0.25, 0.3) is 0 Å². The van der Waals surface area contributed by atoms with Gasteiger partial charge in [0.2, 0.25) is 35.4 Å². The first-order valence-electron chi connectivity index (χ1n) is 21.3. The number of likely N-dealkylation sites (tertiary alicyclic amines) is 2. The topological polar surface area (TPSA) is 278 Å². The van der Waals surface area contributed by atoms with E-state index in [1.54, 1.807) is 70.2 Å². The smallest absolute Gasteiger partial charge is 0.326 e. The maximum absolute atomic E-state index is 14.2. The summed E-state index contributed by atoms with van der Waals surface area (Å²) in [7, 11) is 0. The predicted octanol–water partition coefficient (Wildman–Crippen LogP) is 1.08. The van der Waals surface area contributed by atoms with Crippen molar-refractivity contribution in [3.63, 3.8) is 0 Å². The van der Waals surface area contributed by atoms with Crippen LogP contribution in [-0.4, -0.2) is 128 Å². The number of carbonyl (C=O) groups is 8. The van der Waals surface area contributed by atoms with Crippen molar-refractivity contribution in [3.05, 3.63) is 65.7 Å². The number of hydrogen-bond acceptors (Lipinski definition) is 10. The molecule has 6 amide bonds. The van der Waals surface area contributed by atoms with E-state index >= 15 is 0 Å². The summed E-state index contributed by atoms with van der Waals surface area (Å²) < 4.78 is 0. The van der Waals surface area contributed by atoms with Gasteiger partial charge in [-0.2, -0.15) is 0 Å². The first kappa shape index (κ1) is 48.6. The molecule has 0 radical (unpaired) electrons. The number of nitrogens with two attached hydrogens (primary N) is 1. The number of carboxylic acid groups (broad SMARTS) is 2. The monoisotopic (exact) mass is 863 g/mol. The first-order valence-corrected chi connectivity index (χ1v) is 21.3. The summed E-state index contributed by atoms with van der Waals surface area (Å²) in [6, 6.07) is 7.09. The number of aromatic hydroxyl groups is 1. The first-order chi connectivity index (χ1) is 29.4. The van der Waals surface area contributed by atoms with Crippen LogP contribution < -0.4 is 27.0 Å². The molecule has 0 aliphatic carbocycles. The maximum atomic E-state index is 14.2. The molecular weight excluding hydrogens is 803 g/mol. The SMILES string of the molecule is CC[C@H](C)[C@H](NC(=O)[C@@H]1CCCN1C(=O)[C@H](CCC(=O)O)NC(=O)[C@H](NC(=O)[C@H](Cc1ccccc1)NC(=O)[C@H]1CCCN1C(=O)[C@H](N)Cc1ccc(O)cc1)C(C)C)C(=O)O. The molecule has 338 valence electrons. The van der Waals surface area contributed by atoms with Gasteiger partial charge in [0.1, 0.15) is 42.0 Å². The highest BCUT2D eigenvalue weighted by atomic mass is 16.4. The zero-order valence-corrected chi connectivity index (χ0v) is 35.7. The molecule has 2 aromatic carbocycles. The van der Waals surface area contributed by atoms with Crippen molar-refractivity contribution in [2.24, 2.45) is 17.6 Å². The number of carboxylic acids is 2. The lowest BCUT2D eigenvalue weighted by Gasteiger charge is -2.32. The molecule has 4 rings (SSSR count). The highest BCUT2D eigenvalue weighted by Crippen LogP contribution is 2.23. The summed E-state index contributed by atoms with van der Waals surface area (Å²) in [5.74, 6) is -7.32. The summed E-state index contributed by atoms with van der Waals surface area (Å²) in [6.45, 7) is 7.16. The lowest BCUT2D eigenvalue weighted by Crippen LogP contribution is -2.61. The molecule has 18 heteroatoms. The molecule has 2 aromatic rings. The highest BCUT2D eigenvalue weighted by molar-refractivity contribution is 5.97. The zero-order chi connectivity index (χ0) is 45.7. The van der Waals surface area contributed by atoms with Gasteiger partial charge in [-0.05, 0) is 73.6 Å². The Morgan fingerprint density at radius 1 is 0.694 bits per heavy atom. The number of benzene rings is 2. The van der Waals surface area contributed by atoms with Crippen LogP contribution in [0.1, 0.15) is 83.8 Å². The zero-order valence-electron chi connectivity index (χ0n) is 35.7. The third-order valence-electron chi connectivity index (χ3n) is 11.6. The fourth-order valence-corrected chi connectivity index (χ4v) is 7.83. The van der Waals surface area contributed by atoms with Gasteiger partial charge in [-0.25, -0.2) is 4.79 Å². The van der Waals surface area contributed by atoms with Crippen molar-refractivity contribution in [3.8, 4) is 5.75 Å². The number of hydrogen-bond donors (Lipinski definition) is 8. The van der Waals surface area contributed by atoms with Gasteiger partial charge >= 0.3 is 11.9 Å². The van der Waals surface area contributed by atoms with Gasteiger partial charge in [-0.15, -0.1) is 0 Å². The molecule has 2 aliphatic rings. The maximum Gasteiger partial charge on any atom is 0.326 e. The molecule has 8 atom stereocenters. The van der Waals surface area contributed by atoms with Gasteiger partial charge in [0.05, 0.1) is 6.04 Å². The second kappa shape index (κ2) is 22.7. The predicted molar refractivity (Wildman–Crippen MR) is 226 cm³/mol. The molecular formula is C44H61N7O11. The lowest BCUT2D eigenvalue weighted by atomic mass is 9.98. The molecule has 0 saturated carbocycles. The van der Waals surface area contributed by atoms with Gasteiger partial charge in [0.25, 0.3) is 0 Å². The van der Waals surface area contributed by atoms with Crippen LogP contribution in [0.15, 0.2) is 54.6 Å². The van der Waals surface area contributed by atoms with Crippen molar-refractivity contribution in [2.75, 3.05) is 13.1 Å². The van der Waals surface area contributed by atoms with Crippen LogP contribution in [-0.2, 0) is 51.2 Å². The van der Waals surface area contributed by atoms with E-state index in [0.29, 0.717) is 31.2 Å². The summed E-state index contributed by atoms with van der Waals surface area (Å²) in [6.07, 6.45) is 1.29. The molecule has 0 bridgehead atoms. The van der Waals surface area contributed by atoms with Crippen LogP contribution in [0.2, 0.25) is 0 Å². The van der Waals surface area contributed by atoms with Crippen molar-refractivity contribution in [1.82, 2.24) is 31.1 Å². The van der Waals surface area contributed by atoms with E-state index in [-0.39, 0.29) is 44.5 Å². The van der Waals surface area contributed by atoms with Gasteiger partial charge in [-0.3, -0.25) is 33.6 Å². The third kappa shape index (κ3) is 13.2. The summed E-state index contributed by atoms with van der Waals surface area (Å²) in [5, 5.41) is 39.5. The van der Waals surface area contributed by atoms with Crippen LogP contribution in [0.5, 0.6) is 5.75 Å². The largest absolute Gasteiger partial charge is 0.508 e. The van der Waals surface area contributed by atoms with E-state index in [1.165, 1.54) is 21.9 Å². The summed E-state index contributed by atoms with van der Waals surface area (Å²) in [5.41, 5.74) is 7.71. The van der Waals surface area contributed by atoms with Crippen molar-refractivity contribution in [2.45, 2.75) is 128 Å². The van der Waals surface area contributed by atoms with Crippen LogP contribution >= 0.6 is 0 Å². The number of phenolic OH excluding ortho intramolecular Hbond substituents is 1. The molecule has 0 unspecified atom stereocenters.